The quantitative estimate of drug-likeness (QED) is 0.899. The van der Waals surface area contributed by atoms with E-state index in [2.05, 4.69) is 0 Å². The molecule has 0 radical (unpaired) electrons. The number of aliphatic hydroxyl groups excluding tert-OH is 2. The Morgan fingerprint density at radius 1 is 1.20 bits per heavy atom. The van der Waals surface area contributed by atoms with E-state index in [1.807, 2.05) is 0 Å². The van der Waals surface area contributed by atoms with Crippen LogP contribution in [0.3, 0.4) is 0 Å². The van der Waals surface area contributed by atoms with Crippen LogP contribution < -0.4 is 4.74 Å². The molecule has 1 atom stereocenters. The molecule has 20 heavy (non-hydrogen) atoms. The molecule has 2 N–H and O–H groups in total. The van der Waals surface area contributed by atoms with Crippen molar-refractivity contribution in [2.75, 3.05) is 0 Å². The second-order valence-electron chi connectivity index (χ2n) is 4.72. The van der Waals surface area contributed by atoms with Gasteiger partial charge in [-0.05, 0) is 49.2 Å². The van der Waals surface area contributed by atoms with Crippen LogP contribution in [0.4, 0.5) is 4.39 Å². The summed E-state index contributed by atoms with van der Waals surface area (Å²) in [6.45, 7) is 3.17. The predicted molar refractivity (Wildman–Crippen MR) is 74.2 cm³/mol. The van der Waals surface area contributed by atoms with Crippen LogP contribution in [0.2, 0.25) is 0 Å². The predicted octanol–water partition coefficient (Wildman–Crippen LogP) is 3.47. The number of benzene rings is 2. The first-order chi connectivity index (χ1) is 9.51. The van der Waals surface area contributed by atoms with Gasteiger partial charge in [0.25, 0.3) is 0 Å². The van der Waals surface area contributed by atoms with Crippen LogP contribution in [0.25, 0.3) is 0 Å². The Labute approximate surface area is 117 Å². The van der Waals surface area contributed by atoms with E-state index in [9.17, 15) is 9.50 Å². The van der Waals surface area contributed by atoms with Crippen LogP contribution in [-0.4, -0.2) is 10.2 Å². The molecule has 0 spiro atoms. The summed E-state index contributed by atoms with van der Waals surface area (Å²) in [5.41, 5.74) is 1.64. The summed E-state index contributed by atoms with van der Waals surface area (Å²) < 4.78 is 19.3. The number of hydrogen-bond donors (Lipinski definition) is 2. The van der Waals surface area contributed by atoms with E-state index in [0.29, 0.717) is 22.6 Å². The lowest BCUT2D eigenvalue weighted by molar-refractivity contribution is 0.195. The molecule has 0 saturated heterocycles. The monoisotopic (exact) mass is 276 g/mol. The van der Waals surface area contributed by atoms with E-state index in [1.165, 1.54) is 6.07 Å². The zero-order chi connectivity index (χ0) is 14.7. The van der Waals surface area contributed by atoms with Crippen LogP contribution in [0.15, 0.2) is 36.4 Å². The SMILES string of the molecule is Cc1cc(Oc2ccc(CO)cc2)c([C@H](C)O)cc1F. The van der Waals surface area contributed by atoms with E-state index in [0.717, 1.165) is 5.56 Å². The third-order valence-electron chi connectivity index (χ3n) is 3.07. The summed E-state index contributed by atoms with van der Waals surface area (Å²) in [4.78, 5) is 0. The van der Waals surface area contributed by atoms with Crippen LogP contribution in [0.1, 0.15) is 29.7 Å². The van der Waals surface area contributed by atoms with Gasteiger partial charge in [0.2, 0.25) is 0 Å². The highest BCUT2D eigenvalue weighted by atomic mass is 19.1. The number of ether oxygens (including phenoxy) is 1. The zero-order valence-corrected chi connectivity index (χ0v) is 11.4. The van der Waals surface area contributed by atoms with E-state index in [1.54, 1.807) is 44.2 Å². The van der Waals surface area contributed by atoms with Crippen molar-refractivity contribution in [1.29, 1.82) is 0 Å². The first kappa shape index (κ1) is 14.5. The van der Waals surface area contributed by atoms with Gasteiger partial charge in [0.15, 0.2) is 0 Å². The first-order valence-electron chi connectivity index (χ1n) is 6.37. The Kier molecular flexibility index (Phi) is 4.37. The van der Waals surface area contributed by atoms with Crippen molar-refractivity contribution in [2.24, 2.45) is 0 Å². The van der Waals surface area contributed by atoms with Crippen LogP contribution in [-0.2, 0) is 6.61 Å². The van der Waals surface area contributed by atoms with Crippen LogP contribution in [0.5, 0.6) is 11.5 Å². The third-order valence-corrected chi connectivity index (χ3v) is 3.07. The fourth-order valence-corrected chi connectivity index (χ4v) is 1.88. The Bertz CT molecular complexity index is 591. The molecule has 0 aliphatic heterocycles. The number of halogens is 1. The summed E-state index contributed by atoms with van der Waals surface area (Å²) >= 11 is 0. The van der Waals surface area contributed by atoms with Gasteiger partial charge in [-0.1, -0.05) is 12.1 Å². The van der Waals surface area contributed by atoms with Gasteiger partial charge in [0, 0.05) is 5.56 Å². The standard InChI is InChI=1S/C16H17FO3/c1-10-7-16(14(11(2)19)8-15(10)17)20-13-5-3-12(9-18)4-6-13/h3-8,11,18-19H,9H2,1-2H3/t11-/m0/s1. The first-order valence-corrected chi connectivity index (χ1v) is 6.37. The maximum atomic E-state index is 13.6. The number of rotatable bonds is 4. The third kappa shape index (κ3) is 3.15. The smallest absolute Gasteiger partial charge is 0.133 e. The molecule has 0 aliphatic rings. The van der Waals surface area contributed by atoms with Gasteiger partial charge in [-0.25, -0.2) is 4.39 Å². The molecule has 0 amide bonds. The lowest BCUT2D eigenvalue weighted by Crippen LogP contribution is -1.99. The second kappa shape index (κ2) is 6.03. The van der Waals surface area contributed by atoms with E-state index >= 15 is 0 Å². The Hall–Kier alpha value is -1.91. The lowest BCUT2D eigenvalue weighted by atomic mass is 10.1. The van der Waals surface area contributed by atoms with Crippen molar-refractivity contribution in [1.82, 2.24) is 0 Å². The summed E-state index contributed by atoms with van der Waals surface area (Å²) in [5.74, 6) is 0.620. The number of hydrogen-bond acceptors (Lipinski definition) is 3. The van der Waals surface area contributed by atoms with Gasteiger partial charge in [-0.3, -0.25) is 0 Å². The molecule has 0 aliphatic carbocycles. The highest BCUT2D eigenvalue weighted by molar-refractivity contribution is 5.42. The molecule has 0 unspecified atom stereocenters. The van der Waals surface area contributed by atoms with Crippen molar-refractivity contribution >= 4 is 0 Å². The molecule has 106 valence electrons. The summed E-state index contributed by atoms with van der Waals surface area (Å²) in [6, 6.07) is 9.78. The highest BCUT2D eigenvalue weighted by Crippen LogP contribution is 2.32. The Balaban J connectivity index is 2.33. The fourth-order valence-electron chi connectivity index (χ4n) is 1.88. The summed E-state index contributed by atoms with van der Waals surface area (Å²) in [6.07, 6.45) is -0.822. The van der Waals surface area contributed by atoms with E-state index in [4.69, 9.17) is 9.84 Å². The minimum absolute atomic E-state index is 0.0329. The largest absolute Gasteiger partial charge is 0.457 e. The number of aryl methyl sites for hydroxylation is 1. The maximum absolute atomic E-state index is 13.6. The molecule has 2 aromatic rings. The number of aliphatic hydroxyl groups is 2. The van der Waals surface area contributed by atoms with E-state index < -0.39 is 6.10 Å². The minimum Gasteiger partial charge on any atom is -0.457 e. The average molecular weight is 276 g/mol. The van der Waals surface area contributed by atoms with Crippen molar-refractivity contribution in [3.63, 3.8) is 0 Å². The molecule has 3 nitrogen and oxygen atoms in total. The van der Waals surface area contributed by atoms with Gasteiger partial charge < -0.3 is 14.9 Å². The Morgan fingerprint density at radius 3 is 2.40 bits per heavy atom. The van der Waals surface area contributed by atoms with Gasteiger partial charge in [0.1, 0.15) is 17.3 Å². The molecule has 0 bridgehead atoms. The highest BCUT2D eigenvalue weighted by Gasteiger charge is 2.13. The average Bonchev–Trinajstić information content (AvgIpc) is 2.43. The molecule has 0 aromatic heterocycles. The van der Waals surface area contributed by atoms with Crippen molar-refractivity contribution in [3.8, 4) is 11.5 Å². The molecular weight excluding hydrogens is 259 g/mol. The molecule has 2 aromatic carbocycles. The molecule has 0 heterocycles. The summed E-state index contributed by atoms with van der Waals surface area (Å²) in [5, 5.41) is 18.7. The Morgan fingerprint density at radius 2 is 1.85 bits per heavy atom. The van der Waals surface area contributed by atoms with E-state index in [-0.39, 0.29) is 12.4 Å². The van der Waals surface area contributed by atoms with Gasteiger partial charge in [-0.2, -0.15) is 0 Å². The molecule has 0 saturated carbocycles. The van der Waals surface area contributed by atoms with Crippen molar-refractivity contribution < 1.29 is 19.3 Å². The molecule has 0 fully saturated rings. The molecule has 4 heteroatoms. The minimum atomic E-state index is -0.822. The van der Waals surface area contributed by atoms with Crippen molar-refractivity contribution in [3.05, 3.63) is 58.9 Å². The van der Waals surface area contributed by atoms with Crippen LogP contribution >= 0.6 is 0 Å². The molecular formula is C16H17FO3. The topological polar surface area (TPSA) is 49.7 Å². The normalized spacial score (nSPS) is 12.2. The molecule has 2 rings (SSSR count). The fraction of sp³-hybridized carbons (Fsp3) is 0.250. The maximum Gasteiger partial charge on any atom is 0.133 e. The van der Waals surface area contributed by atoms with Gasteiger partial charge in [0.05, 0.1) is 12.7 Å². The van der Waals surface area contributed by atoms with Gasteiger partial charge in [-0.15, -0.1) is 0 Å². The van der Waals surface area contributed by atoms with Gasteiger partial charge >= 0.3 is 0 Å². The lowest BCUT2D eigenvalue weighted by Gasteiger charge is -2.15. The van der Waals surface area contributed by atoms with Crippen LogP contribution in [0, 0.1) is 12.7 Å². The summed E-state index contributed by atoms with van der Waals surface area (Å²) in [7, 11) is 0. The zero-order valence-electron chi connectivity index (χ0n) is 11.4. The second-order valence-corrected chi connectivity index (χ2v) is 4.72. The van der Waals surface area contributed by atoms with Crippen molar-refractivity contribution in [2.45, 2.75) is 26.6 Å².